The van der Waals surface area contributed by atoms with Gasteiger partial charge < -0.3 is 5.32 Å². The number of nitrogens with zero attached hydrogens (tertiary/aromatic N) is 3. The summed E-state index contributed by atoms with van der Waals surface area (Å²) in [6, 6.07) is 0. The van der Waals surface area contributed by atoms with Crippen LogP contribution in [0, 0.1) is 5.92 Å². The van der Waals surface area contributed by atoms with Gasteiger partial charge in [-0.1, -0.05) is 19.1 Å². The van der Waals surface area contributed by atoms with Crippen LogP contribution in [0.15, 0.2) is 6.20 Å². The fourth-order valence-corrected chi connectivity index (χ4v) is 1.67. The first-order valence-electron chi connectivity index (χ1n) is 6.26. The Hall–Kier alpha value is -0.900. The van der Waals surface area contributed by atoms with Crippen LogP contribution in [0.2, 0.25) is 0 Å². The number of aryl methyl sites for hydroxylation is 2. The maximum Gasteiger partial charge on any atom is 0.0827 e. The molecule has 0 amide bonds. The van der Waals surface area contributed by atoms with Crippen LogP contribution in [0.25, 0.3) is 0 Å². The topological polar surface area (TPSA) is 42.7 Å². The Morgan fingerprint density at radius 2 is 2.19 bits per heavy atom. The van der Waals surface area contributed by atoms with Crippen molar-refractivity contribution >= 4 is 0 Å². The van der Waals surface area contributed by atoms with E-state index in [0.717, 1.165) is 37.5 Å². The average molecular weight is 224 g/mol. The number of hydrogen-bond donors (Lipinski definition) is 1. The van der Waals surface area contributed by atoms with Crippen molar-refractivity contribution < 1.29 is 0 Å². The van der Waals surface area contributed by atoms with E-state index in [9.17, 15) is 0 Å². The monoisotopic (exact) mass is 224 g/mol. The third kappa shape index (κ3) is 5.26. The summed E-state index contributed by atoms with van der Waals surface area (Å²) in [5.41, 5.74) is 1.11. The molecule has 0 saturated heterocycles. The van der Waals surface area contributed by atoms with Crippen molar-refractivity contribution in [3.8, 4) is 0 Å². The molecule has 0 atom stereocenters. The van der Waals surface area contributed by atoms with Gasteiger partial charge in [-0.3, -0.25) is 4.68 Å². The van der Waals surface area contributed by atoms with Crippen LogP contribution in [0.5, 0.6) is 0 Å². The lowest BCUT2D eigenvalue weighted by atomic mass is 10.1. The second kappa shape index (κ2) is 7.39. The first kappa shape index (κ1) is 13.2. The summed E-state index contributed by atoms with van der Waals surface area (Å²) in [4.78, 5) is 0. The van der Waals surface area contributed by atoms with Crippen LogP contribution in [0.4, 0.5) is 0 Å². The maximum absolute atomic E-state index is 4.17. The third-order valence-electron chi connectivity index (χ3n) is 2.61. The quantitative estimate of drug-likeness (QED) is 0.685. The van der Waals surface area contributed by atoms with Gasteiger partial charge in [-0.2, -0.15) is 0 Å². The second-order valence-corrected chi connectivity index (χ2v) is 4.72. The van der Waals surface area contributed by atoms with Gasteiger partial charge >= 0.3 is 0 Å². The number of aromatic nitrogens is 3. The minimum atomic E-state index is 0.777. The molecule has 0 aliphatic rings. The Balaban J connectivity index is 2.22. The number of nitrogens with one attached hydrogen (secondary N) is 1. The van der Waals surface area contributed by atoms with Crippen molar-refractivity contribution in [1.82, 2.24) is 20.3 Å². The zero-order valence-electron chi connectivity index (χ0n) is 10.7. The third-order valence-corrected chi connectivity index (χ3v) is 2.61. The van der Waals surface area contributed by atoms with Gasteiger partial charge in [0.1, 0.15) is 0 Å². The van der Waals surface area contributed by atoms with Crippen molar-refractivity contribution in [3.63, 3.8) is 0 Å². The van der Waals surface area contributed by atoms with Gasteiger partial charge in [0.25, 0.3) is 0 Å². The summed E-state index contributed by atoms with van der Waals surface area (Å²) in [7, 11) is 1.97. The molecule has 4 heteroatoms. The lowest BCUT2D eigenvalue weighted by molar-refractivity contribution is 0.482. The molecule has 1 rings (SSSR count). The Morgan fingerprint density at radius 3 is 2.88 bits per heavy atom. The molecule has 0 radical (unpaired) electrons. The molecule has 0 saturated carbocycles. The Morgan fingerprint density at radius 1 is 1.38 bits per heavy atom. The summed E-state index contributed by atoms with van der Waals surface area (Å²) >= 11 is 0. The van der Waals surface area contributed by atoms with E-state index >= 15 is 0 Å². The highest BCUT2D eigenvalue weighted by molar-refractivity contribution is 4.92. The van der Waals surface area contributed by atoms with Crippen molar-refractivity contribution in [2.75, 3.05) is 13.6 Å². The van der Waals surface area contributed by atoms with Crippen molar-refractivity contribution in [2.24, 2.45) is 5.92 Å². The lowest BCUT2D eigenvalue weighted by Gasteiger charge is -2.03. The van der Waals surface area contributed by atoms with E-state index in [4.69, 9.17) is 0 Å². The summed E-state index contributed by atoms with van der Waals surface area (Å²) in [5.74, 6) is 0.777. The summed E-state index contributed by atoms with van der Waals surface area (Å²) in [6.07, 6.45) is 6.67. The van der Waals surface area contributed by atoms with Crippen LogP contribution < -0.4 is 5.32 Å². The van der Waals surface area contributed by atoms with Gasteiger partial charge in [0, 0.05) is 12.7 Å². The van der Waals surface area contributed by atoms with Crippen molar-refractivity contribution in [1.29, 1.82) is 0 Å². The Bertz CT molecular complexity index is 280. The molecular weight excluding hydrogens is 200 g/mol. The second-order valence-electron chi connectivity index (χ2n) is 4.72. The SMILES string of the molecule is CNCCCc1cn(CCCC(C)C)nn1. The van der Waals surface area contributed by atoms with Crippen LogP contribution >= 0.6 is 0 Å². The van der Waals surface area contributed by atoms with Crippen LogP contribution in [-0.4, -0.2) is 28.6 Å². The molecule has 1 aromatic rings. The molecule has 92 valence electrons. The predicted molar refractivity (Wildman–Crippen MR) is 66.3 cm³/mol. The maximum atomic E-state index is 4.17. The average Bonchev–Trinajstić information content (AvgIpc) is 2.66. The first-order chi connectivity index (χ1) is 7.72. The van der Waals surface area contributed by atoms with Gasteiger partial charge in [-0.25, -0.2) is 0 Å². The molecule has 0 unspecified atom stereocenters. The smallest absolute Gasteiger partial charge is 0.0827 e. The normalized spacial score (nSPS) is 11.2. The van der Waals surface area contributed by atoms with Gasteiger partial charge in [-0.05, 0) is 45.2 Å². The standard InChI is InChI=1S/C12H24N4/c1-11(2)6-5-9-16-10-12(14-15-16)7-4-8-13-3/h10-11,13H,4-9H2,1-3H3. The van der Waals surface area contributed by atoms with E-state index < -0.39 is 0 Å². The highest BCUT2D eigenvalue weighted by Crippen LogP contribution is 2.05. The van der Waals surface area contributed by atoms with E-state index in [0.29, 0.717) is 0 Å². The van der Waals surface area contributed by atoms with Crippen LogP contribution in [0.1, 0.15) is 38.8 Å². The summed E-state index contributed by atoms with van der Waals surface area (Å²) in [5, 5.41) is 11.4. The molecule has 1 N–H and O–H groups in total. The first-order valence-corrected chi connectivity index (χ1v) is 6.26. The highest BCUT2D eigenvalue weighted by atomic mass is 15.4. The molecule has 0 aliphatic heterocycles. The summed E-state index contributed by atoms with van der Waals surface area (Å²) in [6.45, 7) is 6.55. The molecule has 4 nitrogen and oxygen atoms in total. The van der Waals surface area contributed by atoms with E-state index in [-0.39, 0.29) is 0 Å². The zero-order chi connectivity index (χ0) is 11.8. The molecular formula is C12H24N4. The number of rotatable bonds is 8. The zero-order valence-corrected chi connectivity index (χ0v) is 10.7. The van der Waals surface area contributed by atoms with E-state index in [2.05, 4.69) is 35.7 Å². The van der Waals surface area contributed by atoms with Crippen molar-refractivity contribution in [3.05, 3.63) is 11.9 Å². The van der Waals surface area contributed by atoms with E-state index in [1.807, 2.05) is 11.7 Å². The largest absolute Gasteiger partial charge is 0.320 e. The molecule has 0 bridgehead atoms. The van der Waals surface area contributed by atoms with Gasteiger partial charge in [-0.15, -0.1) is 5.10 Å². The summed E-state index contributed by atoms with van der Waals surface area (Å²) < 4.78 is 1.97. The Labute approximate surface area is 98.4 Å². The lowest BCUT2D eigenvalue weighted by Crippen LogP contribution is -2.08. The molecule has 0 aromatic carbocycles. The van der Waals surface area contributed by atoms with Crippen LogP contribution in [-0.2, 0) is 13.0 Å². The van der Waals surface area contributed by atoms with Gasteiger partial charge in [0.15, 0.2) is 0 Å². The molecule has 1 aromatic heterocycles. The molecule has 0 fully saturated rings. The molecule has 0 spiro atoms. The van der Waals surface area contributed by atoms with Crippen LogP contribution in [0.3, 0.4) is 0 Å². The molecule has 16 heavy (non-hydrogen) atoms. The minimum Gasteiger partial charge on any atom is -0.320 e. The predicted octanol–water partition coefficient (Wildman–Crippen LogP) is 1.87. The minimum absolute atomic E-state index is 0.777. The number of hydrogen-bond acceptors (Lipinski definition) is 3. The Kier molecular flexibility index (Phi) is 6.08. The fraction of sp³-hybridized carbons (Fsp3) is 0.833. The van der Waals surface area contributed by atoms with E-state index in [1.165, 1.54) is 12.8 Å². The molecule has 0 aliphatic carbocycles. The highest BCUT2D eigenvalue weighted by Gasteiger charge is 2.01. The fourth-order valence-electron chi connectivity index (χ4n) is 1.67. The van der Waals surface area contributed by atoms with Crippen molar-refractivity contribution in [2.45, 2.75) is 46.1 Å². The van der Waals surface area contributed by atoms with Gasteiger partial charge in [0.2, 0.25) is 0 Å². The molecule has 1 heterocycles. The van der Waals surface area contributed by atoms with E-state index in [1.54, 1.807) is 0 Å². The van der Waals surface area contributed by atoms with Gasteiger partial charge in [0.05, 0.1) is 5.69 Å².